The van der Waals surface area contributed by atoms with Crippen LogP contribution in [0.3, 0.4) is 0 Å². The van der Waals surface area contributed by atoms with Gasteiger partial charge in [0, 0.05) is 6.54 Å². The molecule has 0 aliphatic heterocycles. The predicted octanol–water partition coefficient (Wildman–Crippen LogP) is 2.40. The quantitative estimate of drug-likeness (QED) is 0.780. The number of anilines is 1. The summed E-state index contributed by atoms with van der Waals surface area (Å²) < 4.78 is 1.70. The zero-order valence-corrected chi connectivity index (χ0v) is 13.0. The van der Waals surface area contributed by atoms with E-state index in [9.17, 15) is 9.90 Å². The maximum Gasteiger partial charge on any atom is 0.283 e. The molecule has 1 atom stereocenters. The summed E-state index contributed by atoms with van der Waals surface area (Å²) in [5, 5.41) is 20.8. The molecule has 2 rings (SSSR count). The van der Waals surface area contributed by atoms with Crippen molar-refractivity contribution in [3.8, 4) is 0 Å². The number of aliphatic hydroxyl groups excluding tert-OH is 1. The monoisotopic (exact) mass is 355 g/mol. The van der Waals surface area contributed by atoms with Crippen molar-refractivity contribution in [2.75, 3.05) is 11.9 Å². The van der Waals surface area contributed by atoms with Gasteiger partial charge >= 0.3 is 0 Å². The van der Waals surface area contributed by atoms with E-state index in [-0.39, 0.29) is 5.56 Å². The van der Waals surface area contributed by atoms with Gasteiger partial charge in [0.25, 0.3) is 5.56 Å². The van der Waals surface area contributed by atoms with E-state index in [4.69, 9.17) is 0 Å². The van der Waals surface area contributed by atoms with E-state index in [1.807, 2.05) is 16.8 Å². The minimum atomic E-state index is -0.622. The standard InChI is InChI=1S/C13H14BrN3O2S/c1-2-4-17-13(19)12(14)10(6-16-17)15-7-11(18)9-3-5-20-8-9/h2-3,5-6,8,11,15,18H,1,4,7H2. The van der Waals surface area contributed by atoms with E-state index in [1.165, 1.54) is 16.0 Å². The van der Waals surface area contributed by atoms with E-state index in [0.717, 1.165) is 5.56 Å². The molecule has 0 aliphatic rings. The molecule has 0 aromatic carbocycles. The average molecular weight is 356 g/mol. The fourth-order valence-electron chi connectivity index (χ4n) is 1.63. The lowest BCUT2D eigenvalue weighted by Crippen LogP contribution is -2.24. The van der Waals surface area contributed by atoms with Gasteiger partial charge in [-0.25, -0.2) is 4.68 Å². The molecule has 2 aromatic heterocycles. The third-order valence-corrected chi connectivity index (χ3v) is 4.17. The number of allylic oxidation sites excluding steroid dienone is 1. The number of aliphatic hydroxyl groups is 1. The van der Waals surface area contributed by atoms with Gasteiger partial charge in [-0.1, -0.05) is 6.08 Å². The first-order valence-electron chi connectivity index (χ1n) is 5.94. The first-order chi connectivity index (χ1) is 9.63. The van der Waals surface area contributed by atoms with Gasteiger partial charge in [0.2, 0.25) is 0 Å². The SMILES string of the molecule is C=CCn1ncc(NCC(O)c2ccsc2)c(Br)c1=O. The van der Waals surface area contributed by atoms with Crippen LogP contribution in [0, 0.1) is 0 Å². The molecule has 0 bridgehead atoms. The second-order valence-corrected chi connectivity index (χ2v) is 5.67. The maximum absolute atomic E-state index is 12.0. The summed E-state index contributed by atoms with van der Waals surface area (Å²) in [4.78, 5) is 12.0. The van der Waals surface area contributed by atoms with E-state index < -0.39 is 6.10 Å². The normalized spacial score (nSPS) is 12.1. The Morgan fingerprint density at radius 2 is 2.45 bits per heavy atom. The highest BCUT2D eigenvalue weighted by Gasteiger charge is 2.11. The number of rotatable bonds is 6. The molecule has 106 valence electrons. The van der Waals surface area contributed by atoms with Gasteiger partial charge < -0.3 is 10.4 Å². The van der Waals surface area contributed by atoms with Crippen molar-refractivity contribution in [1.29, 1.82) is 0 Å². The molecule has 2 N–H and O–H groups in total. The Morgan fingerprint density at radius 3 is 3.10 bits per heavy atom. The fraction of sp³-hybridized carbons (Fsp3) is 0.231. The van der Waals surface area contributed by atoms with Crippen LogP contribution in [0.2, 0.25) is 0 Å². The van der Waals surface area contributed by atoms with Crippen LogP contribution in [-0.2, 0) is 6.54 Å². The minimum absolute atomic E-state index is 0.236. The van der Waals surface area contributed by atoms with Gasteiger partial charge in [0.05, 0.1) is 24.5 Å². The van der Waals surface area contributed by atoms with Crippen LogP contribution in [0.5, 0.6) is 0 Å². The van der Waals surface area contributed by atoms with Crippen LogP contribution in [0.15, 0.2) is 44.9 Å². The number of halogens is 1. The molecule has 0 aliphatic carbocycles. The van der Waals surface area contributed by atoms with Crippen molar-refractivity contribution in [1.82, 2.24) is 9.78 Å². The molecular weight excluding hydrogens is 342 g/mol. The smallest absolute Gasteiger partial charge is 0.283 e. The molecule has 2 aromatic rings. The van der Waals surface area contributed by atoms with E-state index >= 15 is 0 Å². The molecule has 7 heteroatoms. The Kier molecular flexibility index (Phi) is 5.11. The molecule has 0 saturated carbocycles. The number of thiophene rings is 1. The zero-order valence-electron chi connectivity index (χ0n) is 10.6. The van der Waals surface area contributed by atoms with Crippen molar-refractivity contribution in [2.24, 2.45) is 0 Å². The third-order valence-electron chi connectivity index (χ3n) is 2.70. The van der Waals surface area contributed by atoms with Crippen molar-refractivity contribution >= 4 is 33.0 Å². The molecule has 0 saturated heterocycles. The molecule has 0 spiro atoms. The Bertz CT molecular complexity index is 640. The molecule has 0 amide bonds. The topological polar surface area (TPSA) is 67.2 Å². The van der Waals surface area contributed by atoms with E-state index in [0.29, 0.717) is 23.2 Å². The first-order valence-corrected chi connectivity index (χ1v) is 7.67. The van der Waals surface area contributed by atoms with Crippen molar-refractivity contribution in [3.05, 3.63) is 56.1 Å². The number of hydrogen-bond donors (Lipinski definition) is 2. The number of nitrogens with one attached hydrogen (secondary N) is 1. The first kappa shape index (κ1) is 15.0. The summed E-state index contributed by atoms with van der Waals surface area (Å²) in [6.45, 7) is 4.24. The number of hydrogen-bond acceptors (Lipinski definition) is 5. The second kappa shape index (κ2) is 6.83. The lowest BCUT2D eigenvalue weighted by molar-refractivity contribution is 0.192. The average Bonchev–Trinajstić information content (AvgIpc) is 2.97. The number of nitrogens with zero attached hydrogens (tertiary/aromatic N) is 2. The van der Waals surface area contributed by atoms with Gasteiger partial charge in [0.1, 0.15) is 4.47 Å². The Labute approximate surface area is 128 Å². The zero-order chi connectivity index (χ0) is 14.5. The molecular formula is C13H14BrN3O2S. The molecule has 20 heavy (non-hydrogen) atoms. The van der Waals surface area contributed by atoms with Gasteiger partial charge in [-0.05, 0) is 38.3 Å². The highest BCUT2D eigenvalue weighted by Crippen LogP contribution is 2.20. The third kappa shape index (κ3) is 3.36. The summed E-state index contributed by atoms with van der Waals surface area (Å²) in [6, 6.07) is 1.87. The summed E-state index contributed by atoms with van der Waals surface area (Å²) in [5.41, 5.74) is 1.18. The maximum atomic E-state index is 12.0. The molecule has 0 fully saturated rings. The van der Waals surface area contributed by atoms with Crippen LogP contribution in [0.25, 0.3) is 0 Å². The molecule has 2 heterocycles. The lowest BCUT2D eigenvalue weighted by Gasteiger charge is -2.13. The van der Waals surface area contributed by atoms with E-state index in [1.54, 1.807) is 12.3 Å². The van der Waals surface area contributed by atoms with Crippen LogP contribution >= 0.6 is 27.3 Å². The second-order valence-electron chi connectivity index (χ2n) is 4.10. The van der Waals surface area contributed by atoms with Crippen molar-refractivity contribution in [2.45, 2.75) is 12.6 Å². The van der Waals surface area contributed by atoms with Gasteiger partial charge in [0.15, 0.2) is 0 Å². The van der Waals surface area contributed by atoms with Crippen molar-refractivity contribution in [3.63, 3.8) is 0 Å². The van der Waals surface area contributed by atoms with E-state index in [2.05, 4.69) is 32.9 Å². The molecule has 1 unspecified atom stereocenters. The van der Waals surface area contributed by atoms with Gasteiger partial charge in [-0.15, -0.1) is 6.58 Å². The lowest BCUT2D eigenvalue weighted by atomic mass is 10.2. The summed E-state index contributed by atoms with van der Waals surface area (Å²) in [7, 11) is 0. The van der Waals surface area contributed by atoms with Crippen LogP contribution < -0.4 is 10.9 Å². The Morgan fingerprint density at radius 1 is 1.65 bits per heavy atom. The molecule has 0 radical (unpaired) electrons. The molecule has 5 nitrogen and oxygen atoms in total. The largest absolute Gasteiger partial charge is 0.387 e. The van der Waals surface area contributed by atoms with Crippen LogP contribution in [-0.4, -0.2) is 21.4 Å². The Balaban J connectivity index is 2.09. The Hall–Kier alpha value is -1.44. The summed E-state index contributed by atoms with van der Waals surface area (Å²) in [5.74, 6) is 0. The highest BCUT2D eigenvalue weighted by molar-refractivity contribution is 9.10. The predicted molar refractivity (Wildman–Crippen MR) is 84.2 cm³/mol. The van der Waals surface area contributed by atoms with Crippen LogP contribution in [0.4, 0.5) is 5.69 Å². The van der Waals surface area contributed by atoms with Gasteiger partial charge in [-0.3, -0.25) is 4.79 Å². The summed E-state index contributed by atoms with van der Waals surface area (Å²) >= 11 is 4.78. The van der Waals surface area contributed by atoms with Crippen LogP contribution in [0.1, 0.15) is 11.7 Å². The highest BCUT2D eigenvalue weighted by atomic mass is 79.9. The fourth-order valence-corrected chi connectivity index (χ4v) is 2.78. The minimum Gasteiger partial charge on any atom is -0.387 e. The van der Waals surface area contributed by atoms with Crippen molar-refractivity contribution < 1.29 is 5.11 Å². The number of aromatic nitrogens is 2. The van der Waals surface area contributed by atoms with Gasteiger partial charge in [-0.2, -0.15) is 16.4 Å². The summed E-state index contributed by atoms with van der Waals surface area (Å²) in [6.07, 6.45) is 2.53.